The Kier molecular flexibility index (Phi) is 4.91. The molecule has 1 spiro atoms. The van der Waals surface area contributed by atoms with E-state index in [1.165, 1.54) is 0 Å². The second-order valence-electron chi connectivity index (χ2n) is 6.07. The minimum Gasteiger partial charge on any atom is -0.381 e. The Morgan fingerprint density at radius 3 is 2.81 bits per heavy atom. The van der Waals surface area contributed by atoms with Gasteiger partial charge in [-0.15, -0.1) is 0 Å². The van der Waals surface area contributed by atoms with Crippen LogP contribution in [0.1, 0.15) is 37.3 Å². The largest absolute Gasteiger partial charge is 0.381 e. The first kappa shape index (κ1) is 15.8. The molecule has 0 saturated carbocycles. The van der Waals surface area contributed by atoms with Crippen molar-refractivity contribution in [1.29, 1.82) is 0 Å². The highest BCUT2D eigenvalue weighted by Gasteiger charge is 2.41. The molecule has 2 unspecified atom stereocenters. The van der Waals surface area contributed by atoms with E-state index in [9.17, 15) is 0 Å². The molecule has 0 aromatic heterocycles. The fourth-order valence-corrected chi connectivity index (χ4v) is 4.13. The van der Waals surface area contributed by atoms with Crippen LogP contribution in [0, 0.1) is 5.92 Å². The van der Waals surface area contributed by atoms with E-state index >= 15 is 0 Å². The molecule has 2 saturated heterocycles. The second kappa shape index (κ2) is 6.55. The third-order valence-electron chi connectivity index (χ3n) is 4.78. The fraction of sp³-hybridized carbons (Fsp3) is 0.625. The molecule has 0 radical (unpaired) electrons. The summed E-state index contributed by atoms with van der Waals surface area (Å²) in [5, 5.41) is 0.734. The van der Waals surface area contributed by atoms with Gasteiger partial charge < -0.3 is 15.2 Å². The van der Waals surface area contributed by atoms with E-state index in [0.717, 1.165) is 60.6 Å². The molecule has 116 valence electrons. The highest BCUT2D eigenvalue weighted by Crippen LogP contribution is 2.42. The van der Waals surface area contributed by atoms with Gasteiger partial charge in [0.2, 0.25) is 0 Å². The first-order valence-corrected chi connectivity index (χ1v) is 8.70. The lowest BCUT2D eigenvalue weighted by molar-refractivity contribution is -0.149. The highest BCUT2D eigenvalue weighted by molar-refractivity contribution is 9.10. The van der Waals surface area contributed by atoms with E-state index in [4.69, 9.17) is 26.8 Å². The van der Waals surface area contributed by atoms with Crippen LogP contribution in [0.25, 0.3) is 0 Å². The number of ether oxygens (including phenoxy) is 2. The number of hydrogen-bond donors (Lipinski definition) is 1. The normalized spacial score (nSPS) is 26.7. The zero-order valence-electron chi connectivity index (χ0n) is 12.0. The maximum absolute atomic E-state index is 6.54. The van der Waals surface area contributed by atoms with Crippen LogP contribution in [0.2, 0.25) is 5.02 Å². The van der Waals surface area contributed by atoms with Crippen molar-refractivity contribution < 1.29 is 9.47 Å². The third kappa shape index (κ3) is 3.30. The summed E-state index contributed by atoms with van der Waals surface area (Å²) >= 11 is 9.89. The minimum absolute atomic E-state index is 0.0305. The molecule has 2 fully saturated rings. The maximum atomic E-state index is 6.54. The monoisotopic (exact) mass is 373 g/mol. The van der Waals surface area contributed by atoms with Gasteiger partial charge in [0.25, 0.3) is 0 Å². The van der Waals surface area contributed by atoms with Crippen LogP contribution in [0.5, 0.6) is 0 Å². The lowest BCUT2D eigenvalue weighted by Gasteiger charge is -2.44. The fourth-order valence-electron chi connectivity index (χ4n) is 3.50. The Bertz CT molecular complexity index is 500. The predicted octanol–water partition coefficient (Wildman–Crippen LogP) is 4.08. The molecule has 2 N–H and O–H groups in total. The molecule has 1 aromatic rings. The number of halogens is 2. The summed E-state index contributed by atoms with van der Waals surface area (Å²) in [6, 6.07) is 5.93. The van der Waals surface area contributed by atoms with Crippen LogP contribution in [0.3, 0.4) is 0 Å². The van der Waals surface area contributed by atoms with Crippen LogP contribution in [-0.2, 0) is 9.47 Å². The van der Waals surface area contributed by atoms with Gasteiger partial charge in [0.1, 0.15) is 0 Å². The molecule has 3 nitrogen and oxygen atoms in total. The van der Waals surface area contributed by atoms with Gasteiger partial charge >= 0.3 is 0 Å². The summed E-state index contributed by atoms with van der Waals surface area (Å²) in [5.41, 5.74) is 7.53. The molecule has 21 heavy (non-hydrogen) atoms. The van der Waals surface area contributed by atoms with Crippen LogP contribution < -0.4 is 5.73 Å². The number of hydrogen-bond acceptors (Lipinski definition) is 3. The van der Waals surface area contributed by atoms with Crippen LogP contribution >= 0.6 is 27.5 Å². The number of benzene rings is 1. The molecule has 2 heterocycles. The minimum atomic E-state index is -0.0429. The van der Waals surface area contributed by atoms with Gasteiger partial charge in [0, 0.05) is 30.3 Å². The summed E-state index contributed by atoms with van der Waals surface area (Å²) in [6.45, 7) is 2.36. The van der Waals surface area contributed by atoms with Gasteiger partial charge in [-0.2, -0.15) is 0 Å². The average Bonchev–Trinajstić information content (AvgIpc) is 2.50. The lowest BCUT2D eigenvalue weighted by atomic mass is 9.76. The number of rotatable bonds is 2. The molecule has 2 atom stereocenters. The van der Waals surface area contributed by atoms with Crippen molar-refractivity contribution >= 4 is 27.5 Å². The van der Waals surface area contributed by atoms with E-state index in [-0.39, 0.29) is 11.6 Å². The number of nitrogens with two attached hydrogens (primary N) is 1. The van der Waals surface area contributed by atoms with E-state index < -0.39 is 0 Å². The SMILES string of the molecule is NC(c1cccc(Br)c1Cl)C1CCOC2(CCOCC2)C1. The third-order valence-corrected chi connectivity index (χ3v) is 6.09. The van der Waals surface area contributed by atoms with Crippen LogP contribution in [0.4, 0.5) is 0 Å². The Morgan fingerprint density at radius 1 is 1.29 bits per heavy atom. The van der Waals surface area contributed by atoms with Gasteiger partial charge in [0.05, 0.1) is 10.6 Å². The van der Waals surface area contributed by atoms with Gasteiger partial charge in [-0.25, -0.2) is 0 Å². The van der Waals surface area contributed by atoms with Crippen LogP contribution in [0.15, 0.2) is 22.7 Å². The van der Waals surface area contributed by atoms with Crippen molar-refractivity contribution in [3.63, 3.8) is 0 Å². The maximum Gasteiger partial charge on any atom is 0.0729 e. The summed E-state index contributed by atoms with van der Waals surface area (Å²) in [5.74, 6) is 0.406. The average molecular weight is 375 g/mol. The van der Waals surface area contributed by atoms with Gasteiger partial charge in [-0.1, -0.05) is 23.7 Å². The quantitative estimate of drug-likeness (QED) is 0.848. The molecule has 2 aliphatic rings. The Morgan fingerprint density at radius 2 is 2.05 bits per heavy atom. The molecule has 2 aliphatic heterocycles. The Labute approximate surface area is 139 Å². The van der Waals surface area contributed by atoms with E-state index in [2.05, 4.69) is 15.9 Å². The Hall–Kier alpha value is -0.130. The molecule has 0 amide bonds. The summed E-state index contributed by atoms with van der Waals surface area (Å²) in [7, 11) is 0. The highest BCUT2D eigenvalue weighted by atomic mass is 79.9. The predicted molar refractivity (Wildman–Crippen MR) is 87.5 cm³/mol. The van der Waals surface area contributed by atoms with Crippen LogP contribution in [-0.4, -0.2) is 25.4 Å². The summed E-state index contributed by atoms with van der Waals surface area (Å²) in [6.07, 6.45) is 3.94. The van der Waals surface area contributed by atoms with E-state index in [0.29, 0.717) is 5.92 Å². The van der Waals surface area contributed by atoms with Crippen molar-refractivity contribution in [1.82, 2.24) is 0 Å². The summed E-state index contributed by atoms with van der Waals surface area (Å²) in [4.78, 5) is 0. The summed E-state index contributed by atoms with van der Waals surface area (Å²) < 4.78 is 12.5. The van der Waals surface area contributed by atoms with Gasteiger partial charge in [-0.05, 0) is 59.2 Å². The molecule has 1 aromatic carbocycles. The molecule has 5 heteroatoms. The topological polar surface area (TPSA) is 44.5 Å². The Balaban J connectivity index is 1.78. The molecular weight excluding hydrogens is 354 g/mol. The molecule has 3 rings (SSSR count). The standard InChI is InChI=1S/C16H21BrClNO2/c17-13-3-1-2-12(14(13)18)15(19)11-4-7-21-16(10-11)5-8-20-9-6-16/h1-3,11,15H,4-10,19H2. The molecular formula is C16H21BrClNO2. The van der Waals surface area contributed by atoms with Crippen molar-refractivity contribution in [2.45, 2.75) is 37.3 Å². The van der Waals surface area contributed by atoms with E-state index in [1.54, 1.807) is 0 Å². The lowest BCUT2D eigenvalue weighted by Crippen LogP contribution is -2.46. The first-order valence-electron chi connectivity index (χ1n) is 7.52. The first-order chi connectivity index (χ1) is 10.1. The van der Waals surface area contributed by atoms with Crippen molar-refractivity contribution in [2.75, 3.05) is 19.8 Å². The van der Waals surface area contributed by atoms with Crippen molar-refractivity contribution in [3.05, 3.63) is 33.3 Å². The van der Waals surface area contributed by atoms with Gasteiger partial charge in [-0.3, -0.25) is 0 Å². The van der Waals surface area contributed by atoms with E-state index in [1.807, 2.05) is 18.2 Å². The zero-order valence-corrected chi connectivity index (χ0v) is 14.3. The van der Waals surface area contributed by atoms with Crippen molar-refractivity contribution in [3.8, 4) is 0 Å². The zero-order chi connectivity index (χ0) is 14.9. The van der Waals surface area contributed by atoms with Crippen molar-refractivity contribution in [2.24, 2.45) is 11.7 Å². The van der Waals surface area contributed by atoms with Gasteiger partial charge in [0.15, 0.2) is 0 Å². The molecule has 0 bridgehead atoms. The second-order valence-corrected chi connectivity index (χ2v) is 7.30. The molecule has 0 aliphatic carbocycles. The smallest absolute Gasteiger partial charge is 0.0729 e.